The van der Waals surface area contributed by atoms with Gasteiger partial charge in [-0.25, -0.2) is 0 Å². The van der Waals surface area contributed by atoms with Gasteiger partial charge in [0.05, 0.1) is 3.79 Å². The van der Waals surface area contributed by atoms with Gasteiger partial charge in [-0.15, -0.1) is 11.3 Å². The van der Waals surface area contributed by atoms with Gasteiger partial charge in [0, 0.05) is 11.5 Å². The molecule has 0 radical (unpaired) electrons. The van der Waals surface area contributed by atoms with Crippen LogP contribution in [0.25, 0.3) is 0 Å². The van der Waals surface area contributed by atoms with Gasteiger partial charge in [0.15, 0.2) is 0 Å². The predicted molar refractivity (Wildman–Crippen MR) is 64.8 cm³/mol. The molecule has 1 heterocycles. The molecule has 1 atom stereocenters. The van der Waals surface area contributed by atoms with Crippen molar-refractivity contribution in [1.82, 2.24) is 5.32 Å². The third-order valence-electron chi connectivity index (χ3n) is 1.98. The predicted octanol–water partition coefficient (Wildman–Crippen LogP) is 2.27. The lowest BCUT2D eigenvalue weighted by Gasteiger charge is -2.08. The summed E-state index contributed by atoms with van der Waals surface area (Å²) in [4.78, 5) is 1.39. The van der Waals surface area contributed by atoms with E-state index in [9.17, 15) is 0 Å². The van der Waals surface area contributed by atoms with Gasteiger partial charge in [-0.05, 0) is 53.5 Å². The number of aliphatic hydroxyl groups is 1. The second-order valence-corrected chi connectivity index (χ2v) is 6.00. The van der Waals surface area contributed by atoms with Gasteiger partial charge < -0.3 is 10.4 Å². The van der Waals surface area contributed by atoms with Crippen molar-refractivity contribution in [2.45, 2.75) is 13.3 Å². The molecule has 1 aromatic rings. The molecule has 0 aliphatic heterocycles. The van der Waals surface area contributed by atoms with Crippen molar-refractivity contribution in [3.05, 3.63) is 20.8 Å². The number of thiophene rings is 1. The standard InChI is InChI=1S/C10H16BrNOS/c1-8(7-13)6-12-5-4-9-2-3-10(11)14-9/h2-3,8,12-13H,4-7H2,1H3. The number of aliphatic hydroxyl groups excluding tert-OH is 1. The van der Waals surface area contributed by atoms with Crippen LogP contribution in [0.4, 0.5) is 0 Å². The quantitative estimate of drug-likeness (QED) is 0.782. The van der Waals surface area contributed by atoms with Crippen molar-refractivity contribution in [3.8, 4) is 0 Å². The van der Waals surface area contributed by atoms with Crippen LogP contribution in [-0.2, 0) is 6.42 Å². The summed E-state index contributed by atoms with van der Waals surface area (Å²) in [7, 11) is 0. The van der Waals surface area contributed by atoms with E-state index in [0.29, 0.717) is 5.92 Å². The van der Waals surface area contributed by atoms with Gasteiger partial charge in [0.1, 0.15) is 0 Å². The van der Waals surface area contributed by atoms with E-state index in [0.717, 1.165) is 19.5 Å². The maximum atomic E-state index is 8.81. The molecule has 0 amide bonds. The minimum atomic E-state index is 0.261. The molecule has 0 fully saturated rings. The summed E-state index contributed by atoms with van der Waals surface area (Å²) < 4.78 is 1.19. The number of hydrogen-bond donors (Lipinski definition) is 2. The highest BCUT2D eigenvalue weighted by atomic mass is 79.9. The Hall–Kier alpha value is 0.1000. The molecule has 0 aliphatic carbocycles. The summed E-state index contributed by atoms with van der Waals surface area (Å²) in [6.45, 7) is 4.17. The first-order valence-corrected chi connectivity index (χ1v) is 6.39. The zero-order valence-corrected chi connectivity index (χ0v) is 10.7. The van der Waals surface area contributed by atoms with E-state index >= 15 is 0 Å². The van der Waals surface area contributed by atoms with Crippen LogP contribution in [-0.4, -0.2) is 24.8 Å². The van der Waals surface area contributed by atoms with Crippen molar-refractivity contribution in [2.24, 2.45) is 5.92 Å². The van der Waals surface area contributed by atoms with Crippen molar-refractivity contribution in [2.75, 3.05) is 19.7 Å². The monoisotopic (exact) mass is 277 g/mol. The van der Waals surface area contributed by atoms with E-state index in [-0.39, 0.29) is 6.61 Å². The van der Waals surface area contributed by atoms with E-state index in [1.807, 2.05) is 6.92 Å². The van der Waals surface area contributed by atoms with E-state index in [1.54, 1.807) is 11.3 Å². The minimum Gasteiger partial charge on any atom is -0.396 e. The van der Waals surface area contributed by atoms with Crippen LogP contribution in [0.3, 0.4) is 0 Å². The number of rotatable bonds is 6. The first-order chi connectivity index (χ1) is 6.72. The topological polar surface area (TPSA) is 32.3 Å². The summed E-state index contributed by atoms with van der Waals surface area (Å²) >= 11 is 5.22. The number of halogens is 1. The van der Waals surface area contributed by atoms with Crippen LogP contribution in [0.2, 0.25) is 0 Å². The molecule has 0 bridgehead atoms. The highest BCUT2D eigenvalue weighted by molar-refractivity contribution is 9.11. The molecule has 0 aliphatic rings. The van der Waals surface area contributed by atoms with Crippen molar-refractivity contribution < 1.29 is 5.11 Å². The Morgan fingerprint density at radius 3 is 2.93 bits per heavy atom. The second kappa shape index (κ2) is 6.56. The van der Waals surface area contributed by atoms with E-state index in [4.69, 9.17) is 5.11 Å². The highest BCUT2D eigenvalue weighted by Crippen LogP contribution is 2.21. The fourth-order valence-corrected chi connectivity index (χ4v) is 2.59. The fourth-order valence-electron chi connectivity index (χ4n) is 1.11. The van der Waals surface area contributed by atoms with Gasteiger partial charge in [-0.2, -0.15) is 0 Å². The number of nitrogens with one attached hydrogen (secondary N) is 1. The van der Waals surface area contributed by atoms with E-state index in [1.165, 1.54) is 8.66 Å². The maximum Gasteiger partial charge on any atom is 0.0701 e. The molecule has 0 saturated heterocycles. The molecular weight excluding hydrogens is 262 g/mol. The van der Waals surface area contributed by atoms with E-state index < -0.39 is 0 Å². The Morgan fingerprint density at radius 2 is 2.36 bits per heavy atom. The summed E-state index contributed by atoms with van der Waals surface area (Å²) in [5, 5.41) is 12.1. The summed E-state index contributed by atoms with van der Waals surface area (Å²) in [6, 6.07) is 4.22. The molecule has 2 nitrogen and oxygen atoms in total. The molecule has 80 valence electrons. The Kier molecular flexibility index (Phi) is 5.70. The van der Waals surface area contributed by atoms with Gasteiger partial charge in [0.25, 0.3) is 0 Å². The Labute approximate surface area is 97.5 Å². The van der Waals surface area contributed by atoms with Crippen molar-refractivity contribution in [3.63, 3.8) is 0 Å². The molecule has 4 heteroatoms. The Balaban J connectivity index is 2.10. The molecule has 1 unspecified atom stereocenters. The molecular formula is C10H16BrNOS. The van der Waals surface area contributed by atoms with Crippen LogP contribution in [0.5, 0.6) is 0 Å². The normalized spacial score (nSPS) is 13.1. The van der Waals surface area contributed by atoms with Crippen LogP contribution in [0, 0.1) is 5.92 Å². The minimum absolute atomic E-state index is 0.261. The Morgan fingerprint density at radius 1 is 1.57 bits per heavy atom. The first-order valence-electron chi connectivity index (χ1n) is 4.78. The molecule has 1 aromatic heterocycles. The lowest BCUT2D eigenvalue weighted by molar-refractivity contribution is 0.234. The average molecular weight is 278 g/mol. The summed E-state index contributed by atoms with van der Waals surface area (Å²) in [6.07, 6.45) is 1.06. The van der Waals surface area contributed by atoms with Gasteiger partial charge >= 0.3 is 0 Å². The highest BCUT2D eigenvalue weighted by Gasteiger charge is 2.00. The molecule has 0 aromatic carbocycles. The lowest BCUT2D eigenvalue weighted by atomic mass is 10.2. The van der Waals surface area contributed by atoms with Crippen LogP contribution >= 0.6 is 27.3 Å². The van der Waals surface area contributed by atoms with Crippen LogP contribution in [0.1, 0.15) is 11.8 Å². The summed E-state index contributed by atoms with van der Waals surface area (Å²) in [5.41, 5.74) is 0. The lowest BCUT2D eigenvalue weighted by Crippen LogP contribution is -2.25. The van der Waals surface area contributed by atoms with Crippen molar-refractivity contribution in [1.29, 1.82) is 0 Å². The SMILES string of the molecule is CC(CO)CNCCc1ccc(Br)s1. The first kappa shape index (κ1) is 12.2. The van der Waals surface area contributed by atoms with Crippen LogP contribution < -0.4 is 5.32 Å². The zero-order valence-electron chi connectivity index (χ0n) is 8.29. The maximum absolute atomic E-state index is 8.81. The zero-order chi connectivity index (χ0) is 10.4. The number of hydrogen-bond acceptors (Lipinski definition) is 3. The fraction of sp³-hybridized carbons (Fsp3) is 0.600. The van der Waals surface area contributed by atoms with E-state index in [2.05, 4.69) is 33.4 Å². The Bertz CT molecular complexity index is 264. The third-order valence-corrected chi connectivity index (χ3v) is 3.66. The van der Waals surface area contributed by atoms with Crippen molar-refractivity contribution >= 4 is 27.3 Å². The van der Waals surface area contributed by atoms with Gasteiger partial charge in [0.2, 0.25) is 0 Å². The average Bonchev–Trinajstić information content (AvgIpc) is 2.58. The molecule has 0 saturated carbocycles. The van der Waals surface area contributed by atoms with Gasteiger partial charge in [-0.3, -0.25) is 0 Å². The molecule has 1 rings (SSSR count). The van der Waals surface area contributed by atoms with Crippen LogP contribution in [0.15, 0.2) is 15.9 Å². The molecule has 0 spiro atoms. The summed E-state index contributed by atoms with van der Waals surface area (Å²) in [5.74, 6) is 0.352. The smallest absolute Gasteiger partial charge is 0.0701 e. The molecule has 2 N–H and O–H groups in total. The third kappa shape index (κ3) is 4.55. The molecule has 14 heavy (non-hydrogen) atoms. The second-order valence-electron chi connectivity index (χ2n) is 3.45. The largest absolute Gasteiger partial charge is 0.396 e. The van der Waals surface area contributed by atoms with Gasteiger partial charge in [-0.1, -0.05) is 6.92 Å².